The molecule has 2 nitrogen and oxygen atoms in total. The number of benzene rings is 1. The van der Waals surface area contributed by atoms with Gasteiger partial charge in [-0.05, 0) is 42.9 Å². The predicted molar refractivity (Wildman–Crippen MR) is 61.5 cm³/mol. The number of halogens is 2. The molecule has 2 aromatic rings. The van der Waals surface area contributed by atoms with E-state index in [1.165, 1.54) is 6.07 Å². The largest absolute Gasteiger partial charge is 0.309 e. The van der Waals surface area contributed by atoms with Crippen LogP contribution in [0.1, 0.15) is 17.2 Å². The number of aromatic nitrogens is 1. The van der Waals surface area contributed by atoms with Crippen LogP contribution in [0.5, 0.6) is 0 Å². The molecule has 0 aliphatic rings. The van der Waals surface area contributed by atoms with Gasteiger partial charge in [0, 0.05) is 18.0 Å². The topological polar surface area (TPSA) is 24.9 Å². The van der Waals surface area contributed by atoms with Crippen molar-refractivity contribution >= 4 is 0 Å². The highest BCUT2D eigenvalue weighted by Crippen LogP contribution is 2.24. The Morgan fingerprint density at radius 1 is 1.12 bits per heavy atom. The smallest absolute Gasteiger partial charge is 0.128 e. The lowest BCUT2D eigenvalue weighted by Gasteiger charge is -2.17. The predicted octanol–water partition coefficient (Wildman–Crippen LogP) is 2.67. The molecule has 0 saturated carbocycles. The highest BCUT2D eigenvalue weighted by Gasteiger charge is 2.16. The fraction of sp³-hybridized carbons (Fsp3) is 0.154. The summed E-state index contributed by atoms with van der Waals surface area (Å²) < 4.78 is 26.8. The summed E-state index contributed by atoms with van der Waals surface area (Å²) in [6.07, 6.45) is 3.24. The molecule has 1 aromatic heterocycles. The first-order valence-corrected chi connectivity index (χ1v) is 5.24. The molecular formula is C13H12F2N2. The normalized spacial score (nSPS) is 12.4. The zero-order valence-corrected chi connectivity index (χ0v) is 9.32. The third-order valence-corrected chi connectivity index (χ3v) is 2.60. The molecule has 1 aromatic carbocycles. The van der Waals surface area contributed by atoms with Crippen LogP contribution in [0.25, 0.3) is 0 Å². The van der Waals surface area contributed by atoms with E-state index in [1.807, 2.05) is 0 Å². The summed E-state index contributed by atoms with van der Waals surface area (Å²) in [6.45, 7) is 0. The van der Waals surface area contributed by atoms with Crippen molar-refractivity contribution in [1.82, 2.24) is 10.3 Å². The third-order valence-electron chi connectivity index (χ3n) is 2.60. The van der Waals surface area contributed by atoms with Gasteiger partial charge in [-0.3, -0.25) is 4.98 Å². The van der Waals surface area contributed by atoms with Gasteiger partial charge in [0.2, 0.25) is 0 Å². The van der Waals surface area contributed by atoms with Gasteiger partial charge in [-0.1, -0.05) is 0 Å². The average molecular weight is 234 g/mol. The molecule has 2 rings (SSSR count). The number of nitrogens with one attached hydrogen (secondary N) is 1. The van der Waals surface area contributed by atoms with Gasteiger partial charge in [0.05, 0.1) is 6.04 Å². The lowest BCUT2D eigenvalue weighted by atomic mass is 9.99. The number of rotatable bonds is 3. The second kappa shape index (κ2) is 5.01. The molecule has 0 fully saturated rings. The van der Waals surface area contributed by atoms with Gasteiger partial charge in [-0.15, -0.1) is 0 Å². The van der Waals surface area contributed by atoms with Gasteiger partial charge in [0.25, 0.3) is 0 Å². The molecule has 1 heterocycles. The van der Waals surface area contributed by atoms with Gasteiger partial charge in [-0.25, -0.2) is 8.78 Å². The summed E-state index contributed by atoms with van der Waals surface area (Å²) in [4.78, 5) is 3.90. The number of nitrogens with zero attached hydrogens (tertiary/aromatic N) is 1. The maximum Gasteiger partial charge on any atom is 0.128 e. The van der Waals surface area contributed by atoms with E-state index in [2.05, 4.69) is 10.3 Å². The first-order chi connectivity index (χ1) is 8.22. The first kappa shape index (κ1) is 11.7. The molecule has 0 amide bonds. The zero-order valence-electron chi connectivity index (χ0n) is 9.32. The molecule has 1 N–H and O–H groups in total. The highest BCUT2D eigenvalue weighted by molar-refractivity contribution is 5.31. The van der Waals surface area contributed by atoms with Crippen molar-refractivity contribution < 1.29 is 8.78 Å². The van der Waals surface area contributed by atoms with Gasteiger partial charge >= 0.3 is 0 Å². The van der Waals surface area contributed by atoms with Crippen LogP contribution in [-0.4, -0.2) is 12.0 Å². The third kappa shape index (κ3) is 2.47. The van der Waals surface area contributed by atoms with Crippen molar-refractivity contribution in [3.8, 4) is 0 Å². The van der Waals surface area contributed by atoms with Gasteiger partial charge < -0.3 is 5.32 Å². The summed E-state index contributed by atoms with van der Waals surface area (Å²) in [7, 11) is 1.70. The van der Waals surface area contributed by atoms with Crippen LogP contribution < -0.4 is 5.32 Å². The van der Waals surface area contributed by atoms with Crippen LogP contribution >= 0.6 is 0 Å². The lowest BCUT2D eigenvalue weighted by Crippen LogP contribution is -2.19. The minimum absolute atomic E-state index is 0.290. The standard InChI is InChI=1S/C13H12F2N2/c1-16-13(9-4-6-17-7-5-9)11-8-10(14)2-3-12(11)15/h2-8,13,16H,1H3. The molecule has 4 heteroatoms. The molecule has 0 spiro atoms. The summed E-state index contributed by atoms with van der Waals surface area (Å²) in [6, 6.07) is 6.61. The van der Waals surface area contributed by atoms with Gasteiger partial charge in [0.15, 0.2) is 0 Å². The van der Waals surface area contributed by atoms with E-state index in [0.29, 0.717) is 5.56 Å². The van der Waals surface area contributed by atoms with Crippen molar-refractivity contribution in [1.29, 1.82) is 0 Å². The van der Waals surface area contributed by atoms with E-state index in [9.17, 15) is 8.78 Å². The molecule has 1 atom stereocenters. The average Bonchev–Trinajstić information content (AvgIpc) is 2.36. The van der Waals surface area contributed by atoms with E-state index in [4.69, 9.17) is 0 Å². The molecule has 0 saturated heterocycles. The van der Waals surface area contributed by atoms with Crippen LogP contribution in [0, 0.1) is 11.6 Å². The van der Waals surface area contributed by atoms with Crippen LogP contribution in [-0.2, 0) is 0 Å². The van der Waals surface area contributed by atoms with Gasteiger partial charge in [0.1, 0.15) is 11.6 Å². The maximum atomic E-state index is 13.7. The highest BCUT2D eigenvalue weighted by atomic mass is 19.1. The number of hydrogen-bond acceptors (Lipinski definition) is 2. The summed E-state index contributed by atoms with van der Waals surface area (Å²) in [5.41, 5.74) is 1.13. The van der Waals surface area contributed by atoms with Crippen molar-refractivity contribution in [2.75, 3.05) is 7.05 Å². The number of hydrogen-bond donors (Lipinski definition) is 1. The Morgan fingerprint density at radius 3 is 2.47 bits per heavy atom. The molecule has 17 heavy (non-hydrogen) atoms. The molecule has 0 aliphatic carbocycles. The molecule has 1 unspecified atom stereocenters. The van der Waals surface area contributed by atoms with E-state index in [-0.39, 0.29) is 6.04 Å². The minimum atomic E-state index is -0.448. The van der Waals surface area contributed by atoms with Crippen molar-refractivity contribution in [3.05, 3.63) is 65.5 Å². The molecular weight excluding hydrogens is 222 g/mol. The van der Waals surface area contributed by atoms with E-state index in [0.717, 1.165) is 17.7 Å². The second-order valence-corrected chi connectivity index (χ2v) is 3.67. The van der Waals surface area contributed by atoms with Gasteiger partial charge in [-0.2, -0.15) is 0 Å². The summed E-state index contributed by atoms with van der Waals surface area (Å²) in [5, 5.41) is 2.97. The molecule has 0 aliphatic heterocycles. The van der Waals surface area contributed by atoms with Crippen LogP contribution in [0.3, 0.4) is 0 Å². The van der Waals surface area contributed by atoms with Crippen LogP contribution in [0.4, 0.5) is 8.78 Å². The summed E-state index contributed by atoms with van der Waals surface area (Å²) in [5.74, 6) is -0.877. The van der Waals surface area contributed by atoms with Crippen molar-refractivity contribution in [3.63, 3.8) is 0 Å². The monoisotopic (exact) mass is 234 g/mol. The Kier molecular flexibility index (Phi) is 3.44. The van der Waals surface area contributed by atoms with Crippen molar-refractivity contribution in [2.45, 2.75) is 6.04 Å². The van der Waals surface area contributed by atoms with E-state index in [1.54, 1.807) is 31.6 Å². The van der Waals surface area contributed by atoms with E-state index >= 15 is 0 Å². The minimum Gasteiger partial charge on any atom is -0.309 e. The van der Waals surface area contributed by atoms with Crippen LogP contribution in [0.2, 0.25) is 0 Å². The fourth-order valence-electron chi connectivity index (χ4n) is 1.79. The Bertz CT molecular complexity index is 500. The molecule has 88 valence electrons. The fourth-order valence-corrected chi connectivity index (χ4v) is 1.79. The van der Waals surface area contributed by atoms with Crippen molar-refractivity contribution in [2.24, 2.45) is 0 Å². The molecule has 0 bridgehead atoms. The Hall–Kier alpha value is -1.81. The second-order valence-electron chi connectivity index (χ2n) is 3.67. The molecule has 0 radical (unpaired) electrons. The van der Waals surface area contributed by atoms with E-state index < -0.39 is 11.6 Å². The zero-order chi connectivity index (χ0) is 12.3. The summed E-state index contributed by atoms with van der Waals surface area (Å²) >= 11 is 0. The SMILES string of the molecule is CNC(c1ccncc1)c1cc(F)ccc1F. The number of pyridine rings is 1. The maximum absolute atomic E-state index is 13.7. The lowest BCUT2D eigenvalue weighted by molar-refractivity contribution is 0.558. The first-order valence-electron chi connectivity index (χ1n) is 5.24. The quantitative estimate of drug-likeness (QED) is 0.883. The Balaban J connectivity index is 2.46. The Labute approximate surface area is 98.3 Å². The Morgan fingerprint density at radius 2 is 1.82 bits per heavy atom. The van der Waals surface area contributed by atoms with Crippen LogP contribution in [0.15, 0.2) is 42.7 Å².